The number of nitrogens with one attached hydrogen (secondary N) is 1. The van der Waals surface area contributed by atoms with E-state index in [4.69, 9.17) is 10.5 Å². The van der Waals surface area contributed by atoms with Gasteiger partial charge in [-0.2, -0.15) is 5.10 Å². The Morgan fingerprint density at radius 2 is 2.35 bits per heavy atom. The zero-order valence-corrected chi connectivity index (χ0v) is 8.88. The van der Waals surface area contributed by atoms with E-state index >= 15 is 0 Å². The van der Waals surface area contributed by atoms with E-state index in [0.29, 0.717) is 22.8 Å². The number of nitrogens with zero attached hydrogens (tertiary/aromatic N) is 2. The molecule has 6 heteroatoms. The number of benzene rings is 1. The molecule has 1 aromatic heterocycles. The number of aromatic nitrogens is 2. The summed E-state index contributed by atoms with van der Waals surface area (Å²) in [6, 6.07) is 5.23. The average molecular weight is 230 g/mol. The summed E-state index contributed by atoms with van der Waals surface area (Å²) >= 11 is 0. The Bertz CT molecular complexity index is 577. The fourth-order valence-corrected chi connectivity index (χ4v) is 1.74. The maximum absolute atomic E-state index is 11.2. The lowest BCUT2D eigenvalue weighted by atomic mass is 10.2. The van der Waals surface area contributed by atoms with Gasteiger partial charge < -0.3 is 15.8 Å². The Balaban J connectivity index is 2.12. The van der Waals surface area contributed by atoms with Gasteiger partial charge in [0, 0.05) is 18.5 Å². The minimum absolute atomic E-state index is 0.0214. The minimum Gasteiger partial charge on any atom is -0.482 e. The molecule has 3 N–H and O–H groups in total. The van der Waals surface area contributed by atoms with Gasteiger partial charge in [-0.3, -0.25) is 4.79 Å². The van der Waals surface area contributed by atoms with Crippen molar-refractivity contribution >= 4 is 17.3 Å². The summed E-state index contributed by atoms with van der Waals surface area (Å²) < 4.78 is 6.90. The number of nitrogen functional groups attached to an aromatic ring is 1. The lowest BCUT2D eigenvalue weighted by Crippen LogP contribution is -2.25. The third-order valence-corrected chi connectivity index (χ3v) is 2.51. The van der Waals surface area contributed by atoms with E-state index in [1.807, 2.05) is 0 Å². The number of carbonyl (C=O) groups is 1. The number of rotatable bonds is 1. The van der Waals surface area contributed by atoms with Gasteiger partial charge in [-0.15, -0.1) is 0 Å². The number of fused-ring (bicyclic) bond motifs is 1. The summed E-state index contributed by atoms with van der Waals surface area (Å²) in [6.45, 7) is 0.0214. The first kappa shape index (κ1) is 9.71. The van der Waals surface area contributed by atoms with Crippen LogP contribution in [0.5, 0.6) is 5.75 Å². The highest BCUT2D eigenvalue weighted by atomic mass is 16.5. The maximum Gasteiger partial charge on any atom is 0.262 e. The van der Waals surface area contributed by atoms with Crippen LogP contribution in [0.1, 0.15) is 0 Å². The van der Waals surface area contributed by atoms with Crippen molar-refractivity contribution in [1.29, 1.82) is 0 Å². The molecule has 1 aliphatic rings. The average Bonchev–Trinajstić information content (AvgIpc) is 2.82. The second kappa shape index (κ2) is 3.51. The highest BCUT2D eigenvalue weighted by Crippen LogP contribution is 2.33. The molecule has 0 unspecified atom stereocenters. The van der Waals surface area contributed by atoms with Gasteiger partial charge in [-0.25, -0.2) is 4.68 Å². The number of nitrogens with two attached hydrogens (primary N) is 1. The van der Waals surface area contributed by atoms with Crippen LogP contribution in [0.4, 0.5) is 11.4 Å². The van der Waals surface area contributed by atoms with Gasteiger partial charge in [0.1, 0.15) is 5.75 Å². The quantitative estimate of drug-likeness (QED) is 0.709. The van der Waals surface area contributed by atoms with Crippen molar-refractivity contribution < 1.29 is 9.53 Å². The van der Waals surface area contributed by atoms with E-state index in [9.17, 15) is 4.79 Å². The van der Waals surface area contributed by atoms with Crippen LogP contribution in [0.15, 0.2) is 30.6 Å². The molecule has 0 radical (unpaired) electrons. The molecular weight excluding hydrogens is 220 g/mol. The molecular formula is C11H10N4O2. The fourth-order valence-electron chi connectivity index (χ4n) is 1.74. The molecule has 1 aromatic carbocycles. The Morgan fingerprint density at radius 3 is 3.12 bits per heavy atom. The molecule has 86 valence electrons. The zero-order chi connectivity index (χ0) is 11.8. The Morgan fingerprint density at radius 1 is 1.47 bits per heavy atom. The molecule has 17 heavy (non-hydrogen) atoms. The number of hydrogen-bond donors (Lipinski definition) is 2. The van der Waals surface area contributed by atoms with Gasteiger partial charge in [-0.05, 0) is 12.1 Å². The van der Waals surface area contributed by atoms with Crippen LogP contribution in [0, 0.1) is 0 Å². The van der Waals surface area contributed by atoms with Crippen LogP contribution in [-0.2, 0) is 4.79 Å². The Labute approximate surface area is 97.0 Å². The Hall–Kier alpha value is -2.50. The lowest BCUT2D eigenvalue weighted by Gasteiger charge is -2.19. The molecule has 2 aromatic rings. The fraction of sp³-hybridized carbons (Fsp3) is 0.0909. The molecule has 0 saturated heterocycles. The third-order valence-electron chi connectivity index (χ3n) is 2.51. The molecule has 6 nitrogen and oxygen atoms in total. The van der Waals surface area contributed by atoms with Crippen LogP contribution in [-0.4, -0.2) is 22.3 Å². The topological polar surface area (TPSA) is 82.2 Å². The monoisotopic (exact) mass is 230 g/mol. The van der Waals surface area contributed by atoms with E-state index < -0.39 is 0 Å². The number of anilines is 2. The molecule has 2 heterocycles. The predicted octanol–water partition coefficient (Wildman–Crippen LogP) is 0.785. The van der Waals surface area contributed by atoms with E-state index in [-0.39, 0.29) is 12.5 Å². The predicted molar refractivity (Wildman–Crippen MR) is 62.1 cm³/mol. The summed E-state index contributed by atoms with van der Waals surface area (Å²) in [5.74, 6) is 0.409. The highest BCUT2D eigenvalue weighted by Gasteiger charge is 2.18. The van der Waals surface area contributed by atoms with Gasteiger partial charge in [0.2, 0.25) is 0 Å². The number of hydrogen-bond acceptors (Lipinski definition) is 4. The van der Waals surface area contributed by atoms with E-state index in [1.165, 1.54) is 0 Å². The second-order valence-electron chi connectivity index (χ2n) is 3.69. The van der Waals surface area contributed by atoms with Gasteiger partial charge in [0.15, 0.2) is 6.61 Å². The van der Waals surface area contributed by atoms with Crippen molar-refractivity contribution in [2.45, 2.75) is 0 Å². The van der Waals surface area contributed by atoms with E-state index in [1.54, 1.807) is 35.3 Å². The first-order chi connectivity index (χ1) is 8.24. The van der Waals surface area contributed by atoms with Crippen LogP contribution in [0.25, 0.3) is 5.69 Å². The van der Waals surface area contributed by atoms with E-state index in [2.05, 4.69) is 10.4 Å². The van der Waals surface area contributed by atoms with Gasteiger partial charge in [0.05, 0.1) is 17.1 Å². The van der Waals surface area contributed by atoms with Crippen molar-refractivity contribution in [3.8, 4) is 11.4 Å². The summed E-state index contributed by atoms with van der Waals surface area (Å²) in [5.41, 5.74) is 7.78. The van der Waals surface area contributed by atoms with Crippen molar-refractivity contribution in [2.75, 3.05) is 17.7 Å². The smallest absolute Gasteiger partial charge is 0.262 e. The van der Waals surface area contributed by atoms with Crippen molar-refractivity contribution in [1.82, 2.24) is 9.78 Å². The molecule has 1 aliphatic heterocycles. The van der Waals surface area contributed by atoms with E-state index in [0.717, 1.165) is 0 Å². The summed E-state index contributed by atoms with van der Waals surface area (Å²) in [5, 5.41) is 6.83. The first-order valence-corrected chi connectivity index (χ1v) is 5.10. The summed E-state index contributed by atoms with van der Waals surface area (Å²) in [6.07, 6.45) is 3.44. The second-order valence-corrected chi connectivity index (χ2v) is 3.69. The van der Waals surface area contributed by atoms with Crippen LogP contribution < -0.4 is 15.8 Å². The highest BCUT2D eigenvalue weighted by molar-refractivity contribution is 5.96. The molecule has 0 fully saturated rings. The van der Waals surface area contributed by atoms with Crippen molar-refractivity contribution in [2.24, 2.45) is 0 Å². The largest absolute Gasteiger partial charge is 0.482 e. The zero-order valence-electron chi connectivity index (χ0n) is 8.88. The SMILES string of the molecule is Nc1cc2c(cc1-n1cccn1)NC(=O)CO2. The van der Waals surface area contributed by atoms with Gasteiger partial charge in [-0.1, -0.05) is 0 Å². The summed E-state index contributed by atoms with van der Waals surface area (Å²) in [7, 11) is 0. The molecule has 0 spiro atoms. The Kier molecular flexibility index (Phi) is 2.01. The number of amides is 1. The van der Waals surface area contributed by atoms with Crippen molar-refractivity contribution in [3.63, 3.8) is 0 Å². The molecule has 0 aliphatic carbocycles. The van der Waals surface area contributed by atoms with Gasteiger partial charge >= 0.3 is 0 Å². The normalized spacial score (nSPS) is 13.8. The molecule has 0 bridgehead atoms. The maximum atomic E-state index is 11.2. The molecule has 3 rings (SSSR count). The molecule has 1 amide bonds. The van der Waals surface area contributed by atoms with Crippen LogP contribution >= 0.6 is 0 Å². The van der Waals surface area contributed by atoms with Crippen LogP contribution in [0.3, 0.4) is 0 Å². The molecule has 0 atom stereocenters. The number of ether oxygens (including phenoxy) is 1. The lowest BCUT2D eigenvalue weighted by molar-refractivity contribution is -0.118. The van der Waals surface area contributed by atoms with Crippen LogP contribution in [0.2, 0.25) is 0 Å². The first-order valence-electron chi connectivity index (χ1n) is 5.10. The van der Waals surface area contributed by atoms with Crippen molar-refractivity contribution in [3.05, 3.63) is 30.6 Å². The summed E-state index contributed by atoms with van der Waals surface area (Å²) in [4.78, 5) is 11.2. The molecule has 0 saturated carbocycles. The van der Waals surface area contributed by atoms with Gasteiger partial charge in [0.25, 0.3) is 5.91 Å². The third kappa shape index (κ3) is 1.59. The number of carbonyl (C=O) groups excluding carboxylic acids is 1. The minimum atomic E-state index is -0.173. The standard InChI is InChI=1S/C11H10N4O2/c12-7-4-10-8(14-11(16)6-17-10)5-9(7)15-3-1-2-13-15/h1-5H,6,12H2,(H,14,16).